The van der Waals surface area contributed by atoms with Gasteiger partial charge in [0, 0.05) is 5.71 Å². The first-order chi connectivity index (χ1) is 11.7. The summed E-state index contributed by atoms with van der Waals surface area (Å²) in [5.41, 5.74) is 7.73. The summed E-state index contributed by atoms with van der Waals surface area (Å²) in [5.74, 6) is 0. The van der Waals surface area contributed by atoms with E-state index in [1.165, 1.54) is 53.5 Å². The van der Waals surface area contributed by atoms with Crippen LogP contribution in [0.2, 0.25) is 0 Å². The standard InChI is InChI=1S/C23H27N/c1-4-5-6-7-19-10-14-20(15-11-19)22-16-18(3)24-23(22)21-12-8-17(2)9-13-21/h8-16,23H,4-7H2,1-3H3. The lowest BCUT2D eigenvalue weighted by molar-refractivity contribution is 0.717. The highest BCUT2D eigenvalue weighted by atomic mass is 14.8. The second kappa shape index (κ2) is 7.61. The van der Waals surface area contributed by atoms with Gasteiger partial charge in [-0.05, 0) is 55.0 Å². The summed E-state index contributed by atoms with van der Waals surface area (Å²) in [6, 6.07) is 18.0. The van der Waals surface area contributed by atoms with E-state index in [9.17, 15) is 0 Å². The molecule has 1 heterocycles. The minimum atomic E-state index is 0.136. The van der Waals surface area contributed by atoms with Gasteiger partial charge in [0.15, 0.2) is 0 Å². The van der Waals surface area contributed by atoms with Gasteiger partial charge in [-0.3, -0.25) is 4.99 Å². The SMILES string of the molecule is CCCCCc1ccc(C2=CC(C)=NC2c2ccc(C)cc2)cc1. The summed E-state index contributed by atoms with van der Waals surface area (Å²) >= 11 is 0. The molecule has 0 radical (unpaired) electrons. The maximum Gasteiger partial charge on any atom is 0.101 e. The van der Waals surface area contributed by atoms with Crippen LogP contribution in [0.5, 0.6) is 0 Å². The Morgan fingerprint density at radius 2 is 1.58 bits per heavy atom. The third-order valence-electron chi connectivity index (χ3n) is 4.74. The highest BCUT2D eigenvalue weighted by Crippen LogP contribution is 2.37. The highest BCUT2D eigenvalue weighted by Gasteiger charge is 2.22. The number of aliphatic imine (C=N–C) groups is 1. The van der Waals surface area contributed by atoms with Gasteiger partial charge in [0.05, 0.1) is 0 Å². The van der Waals surface area contributed by atoms with E-state index in [0.717, 1.165) is 5.71 Å². The molecule has 0 fully saturated rings. The molecule has 0 saturated carbocycles. The van der Waals surface area contributed by atoms with Gasteiger partial charge in [-0.1, -0.05) is 73.9 Å². The molecule has 1 atom stereocenters. The van der Waals surface area contributed by atoms with E-state index < -0.39 is 0 Å². The molecule has 1 heteroatoms. The van der Waals surface area contributed by atoms with E-state index in [0.29, 0.717) is 0 Å². The molecular formula is C23H27N. The maximum atomic E-state index is 4.85. The van der Waals surface area contributed by atoms with Crippen molar-refractivity contribution in [1.29, 1.82) is 0 Å². The van der Waals surface area contributed by atoms with Crippen LogP contribution in [0.4, 0.5) is 0 Å². The Labute approximate surface area is 146 Å². The molecule has 0 N–H and O–H groups in total. The van der Waals surface area contributed by atoms with Crippen molar-refractivity contribution in [2.45, 2.75) is 52.5 Å². The Bertz CT molecular complexity index is 733. The first-order valence-corrected chi connectivity index (χ1v) is 9.09. The average molecular weight is 317 g/mol. The number of aryl methyl sites for hydroxylation is 2. The van der Waals surface area contributed by atoms with Crippen LogP contribution in [0.1, 0.15) is 61.4 Å². The van der Waals surface area contributed by atoms with Gasteiger partial charge in [-0.2, -0.15) is 0 Å². The van der Waals surface area contributed by atoms with E-state index in [-0.39, 0.29) is 6.04 Å². The minimum absolute atomic E-state index is 0.136. The zero-order valence-electron chi connectivity index (χ0n) is 15.0. The van der Waals surface area contributed by atoms with Gasteiger partial charge >= 0.3 is 0 Å². The van der Waals surface area contributed by atoms with Crippen LogP contribution < -0.4 is 0 Å². The van der Waals surface area contributed by atoms with Crippen LogP contribution in [-0.2, 0) is 6.42 Å². The lowest BCUT2D eigenvalue weighted by Gasteiger charge is -2.14. The number of hydrogen-bond donors (Lipinski definition) is 0. The second-order valence-electron chi connectivity index (χ2n) is 6.84. The van der Waals surface area contributed by atoms with Crippen molar-refractivity contribution in [2.75, 3.05) is 0 Å². The number of unbranched alkanes of at least 4 members (excludes halogenated alkanes) is 2. The normalized spacial score (nSPS) is 16.9. The molecule has 1 nitrogen and oxygen atoms in total. The van der Waals surface area contributed by atoms with Crippen molar-refractivity contribution < 1.29 is 0 Å². The van der Waals surface area contributed by atoms with E-state index >= 15 is 0 Å². The first-order valence-electron chi connectivity index (χ1n) is 9.09. The molecule has 0 aromatic heterocycles. The zero-order chi connectivity index (χ0) is 16.9. The molecule has 2 aromatic carbocycles. The van der Waals surface area contributed by atoms with Crippen molar-refractivity contribution in [3.05, 3.63) is 76.9 Å². The van der Waals surface area contributed by atoms with E-state index in [1.807, 2.05) is 0 Å². The van der Waals surface area contributed by atoms with Crippen molar-refractivity contribution >= 4 is 11.3 Å². The Hall–Kier alpha value is -2.15. The predicted molar refractivity (Wildman–Crippen MR) is 105 cm³/mol. The second-order valence-corrected chi connectivity index (χ2v) is 6.84. The van der Waals surface area contributed by atoms with Crippen molar-refractivity contribution in [3.63, 3.8) is 0 Å². The molecule has 1 aliphatic rings. The molecule has 2 aromatic rings. The fourth-order valence-electron chi connectivity index (χ4n) is 3.30. The summed E-state index contributed by atoms with van der Waals surface area (Å²) < 4.78 is 0. The summed E-state index contributed by atoms with van der Waals surface area (Å²) in [6.07, 6.45) is 7.29. The number of rotatable bonds is 6. The molecule has 24 heavy (non-hydrogen) atoms. The Morgan fingerprint density at radius 3 is 2.25 bits per heavy atom. The van der Waals surface area contributed by atoms with Crippen LogP contribution in [0, 0.1) is 6.92 Å². The average Bonchev–Trinajstić information content (AvgIpc) is 2.98. The number of allylic oxidation sites excluding steroid dienone is 1. The molecule has 1 unspecified atom stereocenters. The van der Waals surface area contributed by atoms with E-state index in [4.69, 9.17) is 4.99 Å². The largest absolute Gasteiger partial charge is 0.277 e. The molecule has 3 rings (SSSR count). The maximum absolute atomic E-state index is 4.85. The lowest BCUT2D eigenvalue weighted by Crippen LogP contribution is -1.97. The molecule has 0 aliphatic carbocycles. The molecule has 124 valence electrons. The van der Waals surface area contributed by atoms with Crippen molar-refractivity contribution in [2.24, 2.45) is 4.99 Å². The van der Waals surface area contributed by atoms with Gasteiger partial charge in [-0.25, -0.2) is 0 Å². The van der Waals surface area contributed by atoms with Crippen LogP contribution in [0.25, 0.3) is 5.57 Å². The Balaban J connectivity index is 1.79. The summed E-state index contributed by atoms with van der Waals surface area (Å²) in [4.78, 5) is 4.85. The lowest BCUT2D eigenvalue weighted by atomic mass is 9.93. The van der Waals surface area contributed by atoms with Crippen LogP contribution in [0.15, 0.2) is 59.6 Å². The monoisotopic (exact) mass is 317 g/mol. The smallest absolute Gasteiger partial charge is 0.101 e. The zero-order valence-corrected chi connectivity index (χ0v) is 15.0. The fourth-order valence-corrected chi connectivity index (χ4v) is 3.30. The first kappa shape index (κ1) is 16.7. The summed E-state index contributed by atoms with van der Waals surface area (Å²) in [7, 11) is 0. The van der Waals surface area contributed by atoms with Crippen molar-refractivity contribution in [3.8, 4) is 0 Å². The van der Waals surface area contributed by atoms with E-state index in [1.54, 1.807) is 0 Å². The third-order valence-corrected chi connectivity index (χ3v) is 4.74. The number of nitrogens with zero attached hydrogens (tertiary/aromatic N) is 1. The summed E-state index contributed by atoms with van der Waals surface area (Å²) in [6.45, 7) is 6.47. The number of hydrogen-bond acceptors (Lipinski definition) is 1. The van der Waals surface area contributed by atoms with Gasteiger partial charge in [0.2, 0.25) is 0 Å². The molecule has 0 saturated heterocycles. The van der Waals surface area contributed by atoms with E-state index in [2.05, 4.69) is 75.4 Å². The van der Waals surface area contributed by atoms with Gasteiger partial charge in [0.1, 0.15) is 6.04 Å². The van der Waals surface area contributed by atoms with Crippen molar-refractivity contribution in [1.82, 2.24) is 0 Å². The van der Waals surface area contributed by atoms with Gasteiger partial charge < -0.3 is 0 Å². The minimum Gasteiger partial charge on any atom is -0.277 e. The van der Waals surface area contributed by atoms with Gasteiger partial charge in [-0.15, -0.1) is 0 Å². The quantitative estimate of drug-likeness (QED) is 0.552. The third kappa shape index (κ3) is 3.84. The molecule has 0 spiro atoms. The fraction of sp³-hybridized carbons (Fsp3) is 0.348. The molecule has 0 amide bonds. The molecule has 1 aliphatic heterocycles. The Morgan fingerprint density at radius 1 is 0.875 bits per heavy atom. The van der Waals surface area contributed by atoms with Crippen LogP contribution in [-0.4, -0.2) is 5.71 Å². The molecule has 0 bridgehead atoms. The Kier molecular flexibility index (Phi) is 5.30. The molecular weight excluding hydrogens is 290 g/mol. The topological polar surface area (TPSA) is 12.4 Å². The number of benzene rings is 2. The highest BCUT2D eigenvalue weighted by molar-refractivity contribution is 6.04. The van der Waals surface area contributed by atoms with Gasteiger partial charge in [0.25, 0.3) is 0 Å². The van der Waals surface area contributed by atoms with Crippen LogP contribution >= 0.6 is 0 Å². The van der Waals surface area contributed by atoms with Crippen LogP contribution in [0.3, 0.4) is 0 Å². The predicted octanol–water partition coefficient (Wildman–Crippen LogP) is 6.33. The summed E-state index contributed by atoms with van der Waals surface area (Å²) in [5, 5.41) is 0.